The van der Waals surface area contributed by atoms with Crippen LogP contribution < -0.4 is 14.8 Å². The number of benzene rings is 2. The van der Waals surface area contributed by atoms with E-state index in [4.69, 9.17) is 9.47 Å². The van der Waals surface area contributed by atoms with E-state index in [1.54, 1.807) is 7.11 Å². The molecule has 1 saturated heterocycles. The Morgan fingerprint density at radius 1 is 0.926 bits per heavy atom. The first-order valence-electron chi connectivity index (χ1n) is 10.1. The van der Waals surface area contributed by atoms with Crippen molar-refractivity contribution in [2.24, 2.45) is 0 Å². The molecule has 144 valence electrons. The number of methoxy groups -OCH3 is 1. The average molecular weight is 367 g/mol. The summed E-state index contributed by atoms with van der Waals surface area (Å²) in [6, 6.07) is 18.0. The molecule has 1 aliphatic heterocycles. The molecule has 2 fully saturated rings. The fraction of sp³-hybridized carbons (Fsp3) is 0.478. The third-order valence-electron chi connectivity index (χ3n) is 5.65. The van der Waals surface area contributed by atoms with Gasteiger partial charge in [0.1, 0.15) is 6.61 Å². The van der Waals surface area contributed by atoms with Crippen LogP contribution in [0, 0.1) is 0 Å². The number of nitrogens with one attached hydrogen (secondary N) is 1. The Hall–Kier alpha value is -2.04. The number of nitrogens with zero attached hydrogens (tertiary/aromatic N) is 1. The van der Waals surface area contributed by atoms with Gasteiger partial charge in [-0.15, -0.1) is 0 Å². The molecule has 0 unspecified atom stereocenters. The summed E-state index contributed by atoms with van der Waals surface area (Å²) in [5.41, 5.74) is 2.40. The molecule has 0 radical (unpaired) electrons. The maximum absolute atomic E-state index is 6.03. The smallest absolute Gasteiger partial charge is 0.161 e. The van der Waals surface area contributed by atoms with Crippen LogP contribution in [0.4, 0.5) is 0 Å². The molecule has 4 nitrogen and oxygen atoms in total. The van der Waals surface area contributed by atoms with E-state index in [0.29, 0.717) is 12.6 Å². The molecule has 0 spiro atoms. The minimum atomic E-state index is 0.549. The van der Waals surface area contributed by atoms with Crippen molar-refractivity contribution < 1.29 is 9.47 Å². The molecule has 1 N–H and O–H groups in total. The molecule has 0 aromatic heterocycles. The van der Waals surface area contributed by atoms with Crippen LogP contribution in [0.3, 0.4) is 0 Å². The Kier molecular flexibility index (Phi) is 5.95. The second-order valence-corrected chi connectivity index (χ2v) is 7.68. The largest absolute Gasteiger partial charge is 0.493 e. The lowest BCUT2D eigenvalue weighted by Gasteiger charge is -2.32. The maximum Gasteiger partial charge on any atom is 0.161 e. The first-order valence-corrected chi connectivity index (χ1v) is 10.1. The van der Waals surface area contributed by atoms with E-state index >= 15 is 0 Å². The van der Waals surface area contributed by atoms with Gasteiger partial charge in [-0.2, -0.15) is 0 Å². The van der Waals surface area contributed by atoms with Crippen molar-refractivity contribution in [1.29, 1.82) is 0 Å². The highest BCUT2D eigenvalue weighted by Gasteiger charge is 2.31. The van der Waals surface area contributed by atoms with Gasteiger partial charge in [-0.25, -0.2) is 0 Å². The molecule has 0 atom stereocenters. The fourth-order valence-corrected chi connectivity index (χ4v) is 3.85. The minimum absolute atomic E-state index is 0.549. The summed E-state index contributed by atoms with van der Waals surface area (Å²) in [6.45, 7) is 3.92. The van der Waals surface area contributed by atoms with Crippen LogP contribution in [-0.2, 0) is 13.2 Å². The number of rotatable bonds is 8. The molecule has 1 heterocycles. The fourth-order valence-electron chi connectivity index (χ4n) is 3.85. The molecule has 4 rings (SSSR count). The number of likely N-dealkylation sites (tertiary alicyclic amines) is 1. The number of ether oxygens (including phenoxy) is 2. The zero-order valence-electron chi connectivity index (χ0n) is 16.2. The average Bonchev–Trinajstić information content (AvgIpc) is 3.57. The Balaban J connectivity index is 1.31. The molecule has 1 aliphatic carbocycles. The van der Waals surface area contributed by atoms with Crippen LogP contribution >= 0.6 is 0 Å². The number of piperidine rings is 1. The molecule has 0 amide bonds. The van der Waals surface area contributed by atoms with E-state index in [9.17, 15) is 0 Å². The van der Waals surface area contributed by atoms with E-state index in [0.717, 1.165) is 29.6 Å². The molecule has 2 aromatic rings. The van der Waals surface area contributed by atoms with Crippen molar-refractivity contribution in [3.8, 4) is 11.5 Å². The Labute approximate surface area is 162 Å². The Morgan fingerprint density at radius 2 is 1.70 bits per heavy atom. The molecule has 0 bridgehead atoms. The predicted octanol–water partition coefficient (Wildman–Crippen LogP) is 3.99. The SMILES string of the molecule is COc1ccc(CNC2CCN(C3CC3)CC2)cc1OCc1ccccc1. The van der Waals surface area contributed by atoms with E-state index in [1.165, 1.54) is 44.3 Å². The second-order valence-electron chi connectivity index (χ2n) is 7.68. The standard InChI is InChI=1S/C23H30N2O2/c1-26-22-10-7-19(15-23(22)27-17-18-5-3-2-4-6-18)16-24-20-11-13-25(14-12-20)21-8-9-21/h2-7,10,15,20-21,24H,8-9,11-14,16-17H2,1H3. The lowest BCUT2D eigenvalue weighted by Crippen LogP contribution is -2.43. The van der Waals surface area contributed by atoms with Gasteiger partial charge in [0, 0.05) is 18.6 Å². The number of hydrogen-bond acceptors (Lipinski definition) is 4. The highest BCUT2D eigenvalue weighted by Crippen LogP contribution is 2.30. The molecular weight excluding hydrogens is 336 g/mol. The summed E-state index contributed by atoms with van der Waals surface area (Å²) in [5, 5.41) is 3.73. The van der Waals surface area contributed by atoms with Gasteiger partial charge in [0.25, 0.3) is 0 Å². The van der Waals surface area contributed by atoms with Crippen LogP contribution in [0.25, 0.3) is 0 Å². The highest BCUT2D eigenvalue weighted by molar-refractivity contribution is 5.43. The summed E-state index contributed by atoms with van der Waals surface area (Å²) in [4.78, 5) is 2.67. The predicted molar refractivity (Wildman–Crippen MR) is 108 cm³/mol. The van der Waals surface area contributed by atoms with Gasteiger partial charge in [-0.1, -0.05) is 36.4 Å². The van der Waals surface area contributed by atoms with Crippen molar-refractivity contribution in [1.82, 2.24) is 10.2 Å². The summed E-state index contributed by atoms with van der Waals surface area (Å²) < 4.78 is 11.5. The maximum atomic E-state index is 6.03. The van der Waals surface area contributed by atoms with Crippen LogP contribution in [0.15, 0.2) is 48.5 Å². The van der Waals surface area contributed by atoms with Gasteiger partial charge in [0.05, 0.1) is 7.11 Å². The lowest BCUT2D eigenvalue weighted by atomic mass is 10.0. The molecule has 1 saturated carbocycles. The summed E-state index contributed by atoms with van der Waals surface area (Å²) in [5.74, 6) is 1.59. The summed E-state index contributed by atoms with van der Waals surface area (Å²) in [7, 11) is 1.69. The lowest BCUT2D eigenvalue weighted by molar-refractivity contribution is 0.189. The third-order valence-corrected chi connectivity index (χ3v) is 5.65. The molecule has 4 heteroatoms. The van der Waals surface area contributed by atoms with E-state index in [2.05, 4.69) is 34.5 Å². The van der Waals surface area contributed by atoms with Crippen LogP contribution in [0.5, 0.6) is 11.5 Å². The summed E-state index contributed by atoms with van der Waals surface area (Å²) >= 11 is 0. The highest BCUT2D eigenvalue weighted by atomic mass is 16.5. The minimum Gasteiger partial charge on any atom is -0.493 e. The number of hydrogen-bond donors (Lipinski definition) is 1. The first-order chi connectivity index (χ1) is 13.3. The molecule has 2 aliphatic rings. The van der Waals surface area contributed by atoms with Gasteiger partial charge < -0.3 is 19.7 Å². The zero-order chi connectivity index (χ0) is 18.5. The van der Waals surface area contributed by atoms with Crippen LogP contribution in [0.2, 0.25) is 0 Å². The Morgan fingerprint density at radius 3 is 2.41 bits per heavy atom. The normalized spacial score (nSPS) is 18.4. The van der Waals surface area contributed by atoms with E-state index in [-0.39, 0.29) is 0 Å². The monoisotopic (exact) mass is 366 g/mol. The van der Waals surface area contributed by atoms with Crippen LogP contribution in [0.1, 0.15) is 36.8 Å². The zero-order valence-corrected chi connectivity index (χ0v) is 16.2. The van der Waals surface area contributed by atoms with Crippen molar-refractivity contribution >= 4 is 0 Å². The van der Waals surface area contributed by atoms with Crippen molar-refractivity contribution in [2.45, 2.75) is 50.9 Å². The topological polar surface area (TPSA) is 33.7 Å². The van der Waals surface area contributed by atoms with Crippen molar-refractivity contribution in [3.05, 3.63) is 59.7 Å². The van der Waals surface area contributed by atoms with Gasteiger partial charge in [0.2, 0.25) is 0 Å². The van der Waals surface area contributed by atoms with E-state index in [1.807, 2.05) is 24.3 Å². The summed E-state index contributed by atoms with van der Waals surface area (Å²) in [6.07, 6.45) is 5.33. The van der Waals surface area contributed by atoms with Crippen molar-refractivity contribution in [2.75, 3.05) is 20.2 Å². The molecule has 2 aromatic carbocycles. The quantitative estimate of drug-likeness (QED) is 0.766. The molecule has 27 heavy (non-hydrogen) atoms. The van der Waals surface area contributed by atoms with E-state index < -0.39 is 0 Å². The van der Waals surface area contributed by atoms with Gasteiger partial charge in [0.15, 0.2) is 11.5 Å². The first kappa shape index (κ1) is 18.3. The van der Waals surface area contributed by atoms with Crippen LogP contribution in [-0.4, -0.2) is 37.2 Å². The van der Waals surface area contributed by atoms with Gasteiger partial charge >= 0.3 is 0 Å². The van der Waals surface area contributed by atoms with Crippen molar-refractivity contribution in [3.63, 3.8) is 0 Å². The Bertz CT molecular complexity index is 722. The third kappa shape index (κ3) is 5.02. The molecular formula is C23H30N2O2. The second kappa shape index (κ2) is 8.77. The van der Waals surface area contributed by atoms with Gasteiger partial charge in [-0.3, -0.25) is 0 Å². The van der Waals surface area contributed by atoms with Gasteiger partial charge in [-0.05, 0) is 62.0 Å².